The van der Waals surface area contributed by atoms with Crippen LogP contribution in [0.3, 0.4) is 0 Å². The number of rotatable bonds is 3. The van der Waals surface area contributed by atoms with E-state index >= 15 is 0 Å². The standard InChI is InChI=1S/C16H24N4O/c1-19-6-4-5-13(12-19)9-14-10-18-15(11-17-14)16(21)20-7-2-3-8-20/h10-11,13H,2-9,12H2,1H3. The van der Waals surface area contributed by atoms with Gasteiger partial charge < -0.3 is 9.80 Å². The second kappa shape index (κ2) is 6.52. The monoisotopic (exact) mass is 288 g/mol. The van der Waals surface area contributed by atoms with Crippen molar-refractivity contribution in [2.24, 2.45) is 5.92 Å². The van der Waals surface area contributed by atoms with E-state index in [0.717, 1.165) is 44.6 Å². The average molecular weight is 288 g/mol. The van der Waals surface area contributed by atoms with Gasteiger partial charge in [0.1, 0.15) is 5.69 Å². The molecule has 3 heterocycles. The lowest BCUT2D eigenvalue weighted by molar-refractivity contribution is 0.0786. The molecular weight excluding hydrogens is 264 g/mol. The zero-order valence-corrected chi connectivity index (χ0v) is 12.8. The van der Waals surface area contributed by atoms with E-state index < -0.39 is 0 Å². The van der Waals surface area contributed by atoms with Crippen molar-refractivity contribution in [1.29, 1.82) is 0 Å². The number of hydrogen-bond donors (Lipinski definition) is 0. The van der Waals surface area contributed by atoms with Gasteiger partial charge in [-0.15, -0.1) is 0 Å². The zero-order chi connectivity index (χ0) is 14.7. The lowest BCUT2D eigenvalue weighted by Crippen LogP contribution is -2.33. The Morgan fingerprint density at radius 2 is 2.00 bits per heavy atom. The molecule has 0 N–H and O–H groups in total. The fourth-order valence-corrected chi connectivity index (χ4v) is 3.39. The predicted octanol–water partition coefficient (Wildman–Crippen LogP) is 1.60. The summed E-state index contributed by atoms with van der Waals surface area (Å²) in [6, 6.07) is 0. The average Bonchev–Trinajstić information content (AvgIpc) is 3.01. The first-order chi connectivity index (χ1) is 10.2. The third kappa shape index (κ3) is 3.59. The molecule has 0 bridgehead atoms. The van der Waals surface area contributed by atoms with Crippen molar-refractivity contribution in [1.82, 2.24) is 19.8 Å². The van der Waals surface area contributed by atoms with Crippen LogP contribution in [-0.2, 0) is 6.42 Å². The molecule has 5 heteroatoms. The molecule has 1 unspecified atom stereocenters. The van der Waals surface area contributed by atoms with Crippen molar-refractivity contribution in [3.05, 3.63) is 23.8 Å². The summed E-state index contributed by atoms with van der Waals surface area (Å²) < 4.78 is 0. The van der Waals surface area contributed by atoms with Crippen LogP contribution in [0.25, 0.3) is 0 Å². The van der Waals surface area contributed by atoms with Crippen LogP contribution in [-0.4, -0.2) is 58.9 Å². The molecule has 1 amide bonds. The summed E-state index contributed by atoms with van der Waals surface area (Å²) in [6.07, 6.45) is 9.15. The molecule has 0 saturated carbocycles. The SMILES string of the molecule is CN1CCCC(Cc2cnc(C(=O)N3CCCC3)cn2)C1. The van der Waals surface area contributed by atoms with Crippen LogP contribution in [0.4, 0.5) is 0 Å². The van der Waals surface area contributed by atoms with Gasteiger partial charge in [0.2, 0.25) is 0 Å². The van der Waals surface area contributed by atoms with E-state index in [1.165, 1.54) is 19.4 Å². The number of amides is 1. The molecule has 1 aromatic heterocycles. The van der Waals surface area contributed by atoms with E-state index in [9.17, 15) is 4.79 Å². The zero-order valence-electron chi connectivity index (χ0n) is 12.8. The first-order valence-electron chi connectivity index (χ1n) is 8.01. The molecule has 114 valence electrons. The van der Waals surface area contributed by atoms with Crippen molar-refractivity contribution in [3.8, 4) is 0 Å². The smallest absolute Gasteiger partial charge is 0.274 e. The van der Waals surface area contributed by atoms with Gasteiger partial charge in [-0.05, 0) is 51.6 Å². The number of carbonyl (C=O) groups is 1. The molecule has 2 aliphatic rings. The summed E-state index contributed by atoms with van der Waals surface area (Å²) in [7, 11) is 2.18. The molecule has 2 fully saturated rings. The fraction of sp³-hybridized carbons (Fsp3) is 0.688. The number of likely N-dealkylation sites (tertiary alicyclic amines) is 2. The Morgan fingerprint density at radius 3 is 2.67 bits per heavy atom. The van der Waals surface area contributed by atoms with Gasteiger partial charge in [0, 0.05) is 25.8 Å². The molecule has 0 spiro atoms. The first-order valence-corrected chi connectivity index (χ1v) is 8.01. The lowest BCUT2D eigenvalue weighted by atomic mass is 9.94. The second-order valence-corrected chi connectivity index (χ2v) is 6.37. The largest absolute Gasteiger partial charge is 0.337 e. The minimum atomic E-state index is 0.0314. The highest BCUT2D eigenvalue weighted by molar-refractivity contribution is 5.92. The van der Waals surface area contributed by atoms with E-state index in [1.54, 1.807) is 12.4 Å². The Hall–Kier alpha value is -1.49. The van der Waals surface area contributed by atoms with Crippen molar-refractivity contribution in [2.45, 2.75) is 32.1 Å². The van der Waals surface area contributed by atoms with E-state index in [1.807, 2.05) is 4.90 Å². The van der Waals surface area contributed by atoms with Gasteiger partial charge in [0.25, 0.3) is 5.91 Å². The van der Waals surface area contributed by atoms with E-state index in [0.29, 0.717) is 11.6 Å². The molecule has 0 radical (unpaired) electrons. The van der Waals surface area contributed by atoms with Crippen molar-refractivity contribution in [3.63, 3.8) is 0 Å². The summed E-state index contributed by atoms with van der Waals surface area (Å²) >= 11 is 0. The summed E-state index contributed by atoms with van der Waals surface area (Å²) in [6.45, 7) is 4.05. The Labute approximate surface area is 126 Å². The van der Waals surface area contributed by atoms with Crippen LogP contribution in [0.15, 0.2) is 12.4 Å². The highest BCUT2D eigenvalue weighted by Crippen LogP contribution is 2.19. The van der Waals surface area contributed by atoms with Crippen LogP contribution in [0.1, 0.15) is 41.9 Å². The summed E-state index contributed by atoms with van der Waals surface area (Å²) in [5.41, 5.74) is 1.50. The Bertz CT molecular complexity index is 482. The molecule has 0 aliphatic carbocycles. The number of nitrogens with zero attached hydrogens (tertiary/aromatic N) is 4. The van der Waals surface area contributed by atoms with Crippen molar-refractivity contribution >= 4 is 5.91 Å². The Morgan fingerprint density at radius 1 is 1.19 bits per heavy atom. The molecular formula is C16H24N4O. The highest BCUT2D eigenvalue weighted by Gasteiger charge is 2.21. The number of piperidine rings is 1. The quantitative estimate of drug-likeness (QED) is 0.847. The van der Waals surface area contributed by atoms with Gasteiger partial charge in [-0.25, -0.2) is 4.98 Å². The maximum absolute atomic E-state index is 12.2. The molecule has 1 atom stereocenters. The van der Waals surface area contributed by atoms with Crippen LogP contribution >= 0.6 is 0 Å². The molecule has 1 aromatic rings. The molecule has 3 rings (SSSR count). The second-order valence-electron chi connectivity index (χ2n) is 6.37. The minimum absolute atomic E-state index is 0.0314. The minimum Gasteiger partial charge on any atom is -0.337 e. The number of carbonyl (C=O) groups excluding carboxylic acids is 1. The molecule has 2 saturated heterocycles. The van der Waals surface area contributed by atoms with Crippen molar-refractivity contribution < 1.29 is 4.79 Å². The number of aromatic nitrogens is 2. The molecule has 0 aromatic carbocycles. The van der Waals surface area contributed by atoms with E-state index in [2.05, 4.69) is 21.9 Å². The van der Waals surface area contributed by atoms with Crippen LogP contribution < -0.4 is 0 Å². The fourth-order valence-electron chi connectivity index (χ4n) is 3.39. The normalized spacial score (nSPS) is 23.5. The summed E-state index contributed by atoms with van der Waals surface area (Å²) in [5.74, 6) is 0.696. The maximum Gasteiger partial charge on any atom is 0.274 e. The third-order valence-electron chi connectivity index (χ3n) is 4.54. The predicted molar refractivity (Wildman–Crippen MR) is 81.1 cm³/mol. The molecule has 2 aliphatic heterocycles. The molecule has 21 heavy (non-hydrogen) atoms. The van der Waals surface area contributed by atoms with Gasteiger partial charge in [0.05, 0.1) is 11.9 Å². The van der Waals surface area contributed by atoms with Gasteiger partial charge in [-0.2, -0.15) is 0 Å². The lowest BCUT2D eigenvalue weighted by Gasteiger charge is -2.29. The topological polar surface area (TPSA) is 49.3 Å². The van der Waals surface area contributed by atoms with Crippen LogP contribution in [0, 0.1) is 5.92 Å². The maximum atomic E-state index is 12.2. The Balaban J connectivity index is 1.59. The van der Waals surface area contributed by atoms with E-state index in [-0.39, 0.29) is 5.91 Å². The van der Waals surface area contributed by atoms with Crippen molar-refractivity contribution in [2.75, 3.05) is 33.2 Å². The third-order valence-corrected chi connectivity index (χ3v) is 4.54. The Kier molecular flexibility index (Phi) is 4.48. The van der Waals surface area contributed by atoms with Crippen LogP contribution in [0.2, 0.25) is 0 Å². The van der Waals surface area contributed by atoms with Gasteiger partial charge in [-0.3, -0.25) is 9.78 Å². The number of hydrogen-bond acceptors (Lipinski definition) is 4. The van der Waals surface area contributed by atoms with Gasteiger partial charge >= 0.3 is 0 Å². The van der Waals surface area contributed by atoms with E-state index in [4.69, 9.17) is 0 Å². The molecule has 5 nitrogen and oxygen atoms in total. The van der Waals surface area contributed by atoms with Crippen LogP contribution in [0.5, 0.6) is 0 Å². The van der Waals surface area contributed by atoms with Gasteiger partial charge in [-0.1, -0.05) is 0 Å². The highest BCUT2D eigenvalue weighted by atomic mass is 16.2. The summed E-state index contributed by atoms with van der Waals surface area (Å²) in [4.78, 5) is 25.3. The van der Waals surface area contributed by atoms with Gasteiger partial charge in [0.15, 0.2) is 0 Å². The first kappa shape index (κ1) is 14.4. The summed E-state index contributed by atoms with van der Waals surface area (Å²) in [5, 5.41) is 0.